The molecule has 0 aliphatic heterocycles. The first kappa shape index (κ1) is 11.5. The van der Waals surface area contributed by atoms with Crippen LogP contribution in [0.2, 0.25) is 0 Å². The van der Waals surface area contributed by atoms with E-state index in [9.17, 15) is 4.79 Å². The molecule has 1 fully saturated rings. The Hall–Kier alpha value is -0.570. The van der Waals surface area contributed by atoms with Crippen LogP contribution in [0, 0.1) is 5.41 Å². The fourth-order valence-corrected chi connectivity index (χ4v) is 2.18. The van der Waals surface area contributed by atoms with E-state index in [4.69, 9.17) is 0 Å². The van der Waals surface area contributed by atoms with Gasteiger partial charge in [0.1, 0.15) is 6.04 Å². The van der Waals surface area contributed by atoms with Crippen molar-refractivity contribution in [1.29, 1.82) is 0 Å². The molecule has 1 unspecified atom stereocenters. The largest absolute Gasteiger partial charge is 0.468 e. The molecule has 82 valence electrons. The van der Waals surface area contributed by atoms with Crippen molar-refractivity contribution in [1.82, 2.24) is 5.32 Å². The molecular formula is C11H21NO2. The number of hydrogen-bond acceptors (Lipinski definition) is 3. The molecule has 3 heteroatoms. The molecule has 2 atom stereocenters. The third-order valence-electron chi connectivity index (χ3n) is 3.01. The van der Waals surface area contributed by atoms with E-state index < -0.39 is 0 Å². The Morgan fingerprint density at radius 1 is 1.57 bits per heavy atom. The summed E-state index contributed by atoms with van der Waals surface area (Å²) in [5.74, 6) is -0.172. The van der Waals surface area contributed by atoms with E-state index >= 15 is 0 Å². The summed E-state index contributed by atoms with van der Waals surface area (Å²) in [6, 6.07) is 0.290. The lowest BCUT2D eigenvalue weighted by atomic mass is 9.92. The lowest BCUT2D eigenvalue weighted by molar-refractivity contribution is -0.142. The van der Waals surface area contributed by atoms with E-state index in [1.807, 2.05) is 6.92 Å². The van der Waals surface area contributed by atoms with Gasteiger partial charge in [-0.3, -0.25) is 4.79 Å². The number of esters is 1. The summed E-state index contributed by atoms with van der Waals surface area (Å²) in [4.78, 5) is 11.2. The molecule has 0 bridgehead atoms. The van der Waals surface area contributed by atoms with Gasteiger partial charge in [-0.2, -0.15) is 0 Å². The van der Waals surface area contributed by atoms with E-state index in [0.29, 0.717) is 11.5 Å². The van der Waals surface area contributed by atoms with Crippen LogP contribution in [0.25, 0.3) is 0 Å². The van der Waals surface area contributed by atoms with Crippen molar-refractivity contribution >= 4 is 5.97 Å². The van der Waals surface area contributed by atoms with Crippen molar-refractivity contribution in [3.63, 3.8) is 0 Å². The Balaban J connectivity index is 2.36. The van der Waals surface area contributed by atoms with Gasteiger partial charge in [-0.15, -0.1) is 0 Å². The van der Waals surface area contributed by atoms with Gasteiger partial charge in [0.05, 0.1) is 7.11 Å². The fourth-order valence-electron chi connectivity index (χ4n) is 2.18. The number of hydrogen-bond donors (Lipinski definition) is 1. The van der Waals surface area contributed by atoms with Gasteiger partial charge in [-0.05, 0) is 31.6 Å². The third-order valence-corrected chi connectivity index (χ3v) is 3.01. The van der Waals surface area contributed by atoms with Crippen LogP contribution in [0.15, 0.2) is 0 Å². The van der Waals surface area contributed by atoms with Crippen LogP contribution in [-0.2, 0) is 9.53 Å². The quantitative estimate of drug-likeness (QED) is 0.703. The first-order chi connectivity index (χ1) is 6.44. The molecule has 1 aliphatic rings. The van der Waals surface area contributed by atoms with Crippen LogP contribution in [0.1, 0.15) is 40.0 Å². The summed E-state index contributed by atoms with van der Waals surface area (Å²) >= 11 is 0. The van der Waals surface area contributed by atoms with Gasteiger partial charge in [0.2, 0.25) is 0 Å². The molecule has 0 amide bonds. The number of methoxy groups -OCH3 is 1. The smallest absolute Gasteiger partial charge is 0.322 e. The Morgan fingerprint density at radius 2 is 2.21 bits per heavy atom. The Bertz CT molecular complexity index is 213. The SMILES string of the molecule is COC(=O)[C@H](C)NC1CCC(C)(C)C1. The second-order valence-electron chi connectivity index (χ2n) is 5.02. The summed E-state index contributed by atoms with van der Waals surface area (Å²) in [6.45, 7) is 6.41. The molecule has 0 saturated heterocycles. The predicted octanol–water partition coefficient (Wildman–Crippen LogP) is 1.72. The zero-order valence-corrected chi connectivity index (χ0v) is 9.59. The topological polar surface area (TPSA) is 38.3 Å². The number of carbonyl (C=O) groups excluding carboxylic acids is 1. The van der Waals surface area contributed by atoms with Crippen LogP contribution in [0.5, 0.6) is 0 Å². The molecule has 0 radical (unpaired) electrons. The van der Waals surface area contributed by atoms with Crippen LogP contribution >= 0.6 is 0 Å². The zero-order valence-electron chi connectivity index (χ0n) is 9.59. The number of ether oxygens (including phenoxy) is 1. The molecule has 0 spiro atoms. The maximum atomic E-state index is 11.2. The summed E-state index contributed by atoms with van der Waals surface area (Å²) in [7, 11) is 1.43. The molecule has 0 heterocycles. The van der Waals surface area contributed by atoms with Gasteiger partial charge in [0.25, 0.3) is 0 Å². The standard InChI is InChI=1S/C11H21NO2/c1-8(10(13)14-4)12-9-5-6-11(2,3)7-9/h8-9,12H,5-7H2,1-4H3/t8-,9?/m0/s1. The average molecular weight is 199 g/mol. The number of nitrogens with one attached hydrogen (secondary N) is 1. The van der Waals surface area contributed by atoms with Crippen LogP contribution in [-0.4, -0.2) is 25.2 Å². The molecule has 1 rings (SSSR count). The molecule has 0 aromatic rings. The summed E-state index contributed by atoms with van der Waals surface area (Å²) in [5.41, 5.74) is 0.424. The van der Waals surface area contributed by atoms with Crippen LogP contribution in [0.3, 0.4) is 0 Å². The fraction of sp³-hybridized carbons (Fsp3) is 0.909. The van der Waals surface area contributed by atoms with Crippen molar-refractivity contribution in [3.8, 4) is 0 Å². The Kier molecular flexibility index (Phi) is 3.53. The highest BCUT2D eigenvalue weighted by Gasteiger charge is 2.32. The lowest BCUT2D eigenvalue weighted by Crippen LogP contribution is -2.41. The normalized spacial score (nSPS) is 27.3. The second-order valence-corrected chi connectivity index (χ2v) is 5.02. The summed E-state index contributed by atoms with van der Waals surface area (Å²) in [6.07, 6.45) is 3.54. The lowest BCUT2D eigenvalue weighted by Gasteiger charge is -2.20. The number of rotatable bonds is 3. The van der Waals surface area contributed by atoms with E-state index in [0.717, 1.165) is 12.8 Å². The zero-order chi connectivity index (χ0) is 10.8. The minimum Gasteiger partial charge on any atom is -0.468 e. The number of carbonyl (C=O) groups is 1. The first-order valence-corrected chi connectivity index (χ1v) is 5.28. The highest BCUT2D eigenvalue weighted by atomic mass is 16.5. The van der Waals surface area contributed by atoms with Crippen LogP contribution in [0.4, 0.5) is 0 Å². The van der Waals surface area contributed by atoms with E-state index in [1.165, 1.54) is 13.5 Å². The van der Waals surface area contributed by atoms with Crippen molar-refractivity contribution in [2.45, 2.75) is 52.1 Å². The van der Waals surface area contributed by atoms with E-state index in [2.05, 4.69) is 23.9 Å². The van der Waals surface area contributed by atoms with Crippen molar-refractivity contribution in [2.24, 2.45) is 5.41 Å². The van der Waals surface area contributed by atoms with E-state index in [-0.39, 0.29) is 12.0 Å². The van der Waals surface area contributed by atoms with Gasteiger partial charge in [0.15, 0.2) is 0 Å². The van der Waals surface area contributed by atoms with E-state index in [1.54, 1.807) is 0 Å². The maximum Gasteiger partial charge on any atom is 0.322 e. The van der Waals surface area contributed by atoms with Crippen molar-refractivity contribution in [3.05, 3.63) is 0 Å². The summed E-state index contributed by atoms with van der Waals surface area (Å²) in [5, 5.41) is 3.31. The van der Waals surface area contributed by atoms with Gasteiger partial charge >= 0.3 is 5.97 Å². The van der Waals surface area contributed by atoms with Gasteiger partial charge in [-0.25, -0.2) is 0 Å². The molecule has 14 heavy (non-hydrogen) atoms. The van der Waals surface area contributed by atoms with Gasteiger partial charge < -0.3 is 10.1 Å². The minimum atomic E-state index is -0.182. The monoisotopic (exact) mass is 199 g/mol. The molecule has 3 nitrogen and oxygen atoms in total. The maximum absolute atomic E-state index is 11.2. The van der Waals surface area contributed by atoms with Crippen LogP contribution < -0.4 is 5.32 Å². The molecular weight excluding hydrogens is 178 g/mol. The second kappa shape index (κ2) is 4.30. The average Bonchev–Trinajstić information content (AvgIpc) is 2.44. The highest BCUT2D eigenvalue weighted by molar-refractivity contribution is 5.75. The van der Waals surface area contributed by atoms with Gasteiger partial charge in [-0.1, -0.05) is 13.8 Å². The molecule has 0 aromatic heterocycles. The highest BCUT2D eigenvalue weighted by Crippen LogP contribution is 2.36. The van der Waals surface area contributed by atoms with Crippen molar-refractivity contribution < 1.29 is 9.53 Å². The molecule has 1 aliphatic carbocycles. The molecule has 1 saturated carbocycles. The summed E-state index contributed by atoms with van der Waals surface area (Å²) < 4.78 is 4.67. The first-order valence-electron chi connectivity index (χ1n) is 5.28. The minimum absolute atomic E-state index is 0.172. The Labute approximate surface area is 86.2 Å². The third kappa shape index (κ3) is 2.98. The van der Waals surface area contributed by atoms with Crippen molar-refractivity contribution in [2.75, 3.05) is 7.11 Å². The molecule has 0 aromatic carbocycles. The Morgan fingerprint density at radius 3 is 2.64 bits per heavy atom. The van der Waals surface area contributed by atoms with Gasteiger partial charge in [0, 0.05) is 6.04 Å². The molecule has 1 N–H and O–H groups in total. The predicted molar refractivity (Wildman–Crippen MR) is 56.0 cm³/mol.